The van der Waals surface area contributed by atoms with E-state index >= 15 is 0 Å². The summed E-state index contributed by atoms with van der Waals surface area (Å²) in [5, 5.41) is 3.42. The van der Waals surface area contributed by atoms with Gasteiger partial charge in [0.2, 0.25) is 0 Å². The molecule has 0 spiro atoms. The molecule has 0 fully saturated rings. The number of hydrogen-bond acceptors (Lipinski definition) is 3. The number of thioether (sulfide) groups is 1. The Morgan fingerprint density at radius 2 is 1.80 bits per heavy atom. The largest absolute Gasteiger partial charge is 0.338 e. The summed E-state index contributed by atoms with van der Waals surface area (Å²) in [7, 11) is 0. The first-order chi connectivity index (χ1) is 9.47. The predicted molar refractivity (Wildman–Crippen MR) is 80.9 cm³/mol. The maximum absolute atomic E-state index is 12.5. The van der Waals surface area contributed by atoms with Gasteiger partial charge < -0.3 is 5.32 Å². The van der Waals surface area contributed by atoms with Crippen molar-refractivity contribution >= 4 is 58.1 Å². The van der Waals surface area contributed by atoms with Crippen LogP contribution >= 0.6 is 46.6 Å². The number of benzene rings is 1. The van der Waals surface area contributed by atoms with Crippen LogP contribution in [0.2, 0.25) is 15.2 Å². The van der Waals surface area contributed by atoms with Crippen LogP contribution in [0.25, 0.3) is 0 Å². The number of halogens is 5. The van der Waals surface area contributed by atoms with Gasteiger partial charge in [0.1, 0.15) is 5.15 Å². The molecule has 1 heterocycles. The average Bonchev–Trinajstić information content (AvgIpc) is 2.37. The van der Waals surface area contributed by atoms with Crippen LogP contribution in [0.3, 0.4) is 0 Å². The van der Waals surface area contributed by atoms with Gasteiger partial charge in [-0.3, -0.25) is 0 Å². The van der Waals surface area contributed by atoms with Gasteiger partial charge in [-0.25, -0.2) is 4.98 Å². The maximum atomic E-state index is 12.5. The van der Waals surface area contributed by atoms with E-state index in [1.165, 1.54) is 6.07 Å². The van der Waals surface area contributed by atoms with Gasteiger partial charge in [0.05, 0.1) is 15.7 Å². The summed E-state index contributed by atoms with van der Waals surface area (Å²) < 4.78 is 25.0. The van der Waals surface area contributed by atoms with Crippen LogP contribution in [0.15, 0.2) is 35.2 Å². The number of rotatable bonds is 4. The molecule has 0 saturated carbocycles. The third kappa shape index (κ3) is 3.88. The fourth-order valence-corrected chi connectivity index (χ4v) is 2.57. The van der Waals surface area contributed by atoms with Gasteiger partial charge in [-0.15, -0.1) is 0 Å². The van der Waals surface area contributed by atoms with E-state index in [1.54, 1.807) is 24.3 Å². The number of nitrogens with one attached hydrogen (secondary N) is 1. The van der Waals surface area contributed by atoms with Crippen LogP contribution in [0.5, 0.6) is 0 Å². The van der Waals surface area contributed by atoms with Crippen molar-refractivity contribution in [2.24, 2.45) is 0 Å². The summed E-state index contributed by atoms with van der Waals surface area (Å²) in [6.45, 7) is 0. The van der Waals surface area contributed by atoms with Gasteiger partial charge >= 0.3 is 0 Å². The van der Waals surface area contributed by atoms with E-state index in [1.807, 2.05) is 0 Å². The molecule has 8 heteroatoms. The van der Waals surface area contributed by atoms with Gasteiger partial charge in [0.25, 0.3) is 5.76 Å². The molecular formula is C12H7Cl3F2N2S. The fourth-order valence-electron chi connectivity index (χ4n) is 1.43. The second-order valence-electron chi connectivity index (χ2n) is 3.59. The number of pyridine rings is 1. The van der Waals surface area contributed by atoms with E-state index in [-0.39, 0.29) is 21.0 Å². The van der Waals surface area contributed by atoms with Gasteiger partial charge in [0, 0.05) is 4.90 Å². The molecule has 106 valence electrons. The topological polar surface area (TPSA) is 24.9 Å². The molecule has 2 aromatic rings. The Kier molecular flexibility index (Phi) is 5.32. The molecule has 0 saturated heterocycles. The summed E-state index contributed by atoms with van der Waals surface area (Å²) in [5.41, 5.74) is 0.464. The third-order valence-electron chi connectivity index (χ3n) is 2.24. The highest BCUT2D eigenvalue weighted by atomic mass is 35.5. The van der Waals surface area contributed by atoms with Crippen molar-refractivity contribution in [2.45, 2.75) is 10.7 Å². The summed E-state index contributed by atoms with van der Waals surface area (Å²) in [4.78, 5) is 4.36. The predicted octanol–water partition coefficient (Wildman–Crippen LogP) is 6.10. The maximum Gasteiger partial charge on any atom is 0.288 e. The van der Waals surface area contributed by atoms with Crippen molar-refractivity contribution in [1.29, 1.82) is 0 Å². The molecule has 0 atom stereocenters. The molecule has 2 nitrogen and oxygen atoms in total. The minimum Gasteiger partial charge on any atom is -0.338 e. The number of aromatic nitrogens is 1. The zero-order chi connectivity index (χ0) is 14.7. The molecule has 0 aliphatic rings. The van der Waals surface area contributed by atoms with Crippen LogP contribution in [-0.4, -0.2) is 10.7 Å². The van der Waals surface area contributed by atoms with E-state index < -0.39 is 5.76 Å². The van der Waals surface area contributed by atoms with Gasteiger partial charge in [0.15, 0.2) is 5.82 Å². The number of alkyl halides is 2. The summed E-state index contributed by atoms with van der Waals surface area (Å²) in [5.74, 6) is -2.27. The van der Waals surface area contributed by atoms with Crippen LogP contribution < -0.4 is 5.32 Å². The summed E-state index contributed by atoms with van der Waals surface area (Å²) in [6, 6.07) is 8.03. The molecule has 2 rings (SSSR count). The van der Waals surface area contributed by atoms with Crippen molar-refractivity contribution in [3.63, 3.8) is 0 Å². The molecule has 0 radical (unpaired) electrons. The molecular weight excluding hydrogens is 349 g/mol. The Hall–Kier alpha value is -0.750. The quantitative estimate of drug-likeness (QED) is 0.530. The molecule has 1 aromatic carbocycles. The van der Waals surface area contributed by atoms with Crippen molar-refractivity contribution in [1.82, 2.24) is 4.98 Å². The van der Waals surface area contributed by atoms with Gasteiger partial charge in [-0.05, 0) is 18.2 Å². The number of nitrogens with zero attached hydrogens (tertiary/aromatic N) is 1. The second kappa shape index (κ2) is 6.80. The summed E-state index contributed by atoms with van der Waals surface area (Å²) >= 11 is 18.0. The lowest BCUT2D eigenvalue weighted by Gasteiger charge is -2.12. The van der Waals surface area contributed by atoms with Crippen molar-refractivity contribution in [3.8, 4) is 0 Å². The molecule has 0 unspecified atom stereocenters. The number of hydrogen-bond donors (Lipinski definition) is 1. The van der Waals surface area contributed by atoms with E-state index in [2.05, 4.69) is 10.3 Å². The van der Waals surface area contributed by atoms with Crippen LogP contribution in [0.4, 0.5) is 20.3 Å². The molecule has 1 N–H and O–H groups in total. The standard InChI is InChI=1S/C12H7Cl3F2N2S/c13-6-5-7(14)11(19-10(6)15)18-8-3-1-2-4-9(8)20-12(16)17/h1-5,12H,(H,18,19). The lowest BCUT2D eigenvalue weighted by molar-refractivity contribution is 0.252. The van der Waals surface area contributed by atoms with Crippen LogP contribution in [0, 0.1) is 0 Å². The van der Waals surface area contributed by atoms with Crippen LogP contribution in [-0.2, 0) is 0 Å². The minimum atomic E-state index is -2.52. The minimum absolute atomic E-state index is 0.0811. The van der Waals surface area contributed by atoms with E-state index in [0.717, 1.165) is 0 Å². The average molecular weight is 356 g/mol. The third-order valence-corrected chi connectivity index (χ3v) is 3.99. The van der Waals surface area contributed by atoms with E-state index in [0.29, 0.717) is 22.3 Å². The number of para-hydroxylation sites is 1. The van der Waals surface area contributed by atoms with Gasteiger partial charge in [-0.1, -0.05) is 58.7 Å². The Bertz CT molecular complexity index is 626. The van der Waals surface area contributed by atoms with E-state index in [4.69, 9.17) is 34.8 Å². The normalized spacial score (nSPS) is 10.9. The smallest absolute Gasteiger partial charge is 0.288 e. The number of anilines is 2. The Morgan fingerprint density at radius 3 is 2.50 bits per heavy atom. The molecule has 0 amide bonds. The van der Waals surface area contributed by atoms with Gasteiger partial charge in [-0.2, -0.15) is 8.78 Å². The molecule has 1 aromatic heterocycles. The molecule has 0 aliphatic carbocycles. The Morgan fingerprint density at radius 1 is 1.10 bits per heavy atom. The Labute approximate surface area is 133 Å². The SMILES string of the molecule is FC(F)Sc1ccccc1Nc1nc(Cl)c(Cl)cc1Cl. The van der Waals surface area contributed by atoms with Crippen LogP contribution in [0.1, 0.15) is 0 Å². The lowest BCUT2D eigenvalue weighted by atomic mass is 10.3. The first-order valence-corrected chi connectivity index (χ1v) is 7.31. The molecule has 0 aliphatic heterocycles. The zero-order valence-electron chi connectivity index (χ0n) is 9.71. The van der Waals surface area contributed by atoms with Crippen molar-refractivity contribution in [3.05, 3.63) is 45.5 Å². The summed E-state index contributed by atoms with van der Waals surface area (Å²) in [6.07, 6.45) is 0. The molecule has 0 bridgehead atoms. The highest BCUT2D eigenvalue weighted by Gasteiger charge is 2.13. The van der Waals surface area contributed by atoms with E-state index in [9.17, 15) is 8.78 Å². The second-order valence-corrected chi connectivity index (χ2v) is 5.80. The van der Waals surface area contributed by atoms with Crippen molar-refractivity contribution in [2.75, 3.05) is 5.32 Å². The first-order valence-electron chi connectivity index (χ1n) is 5.30. The zero-order valence-corrected chi connectivity index (χ0v) is 12.8. The highest BCUT2D eigenvalue weighted by Crippen LogP contribution is 2.36. The monoisotopic (exact) mass is 354 g/mol. The first kappa shape index (κ1) is 15.6. The molecule has 20 heavy (non-hydrogen) atoms. The fraction of sp³-hybridized carbons (Fsp3) is 0.0833. The van der Waals surface area contributed by atoms with Crippen molar-refractivity contribution < 1.29 is 8.78 Å². The lowest BCUT2D eigenvalue weighted by Crippen LogP contribution is -1.97. The highest BCUT2D eigenvalue weighted by molar-refractivity contribution is 7.99. The Balaban J connectivity index is 2.33.